The molecular weight excluding hydrogens is 474 g/mol. The molecule has 0 bridgehead atoms. The average molecular weight is 499 g/mol. The molecule has 0 aromatic heterocycles. The van der Waals surface area contributed by atoms with Gasteiger partial charge in [0.25, 0.3) is 0 Å². The third-order valence-electron chi connectivity index (χ3n) is 5.94. The van der Waals surface area contributed by atoms with E-state index in [1.165, 1.54) is 0 Å². The average Bonchev–Trinajstić information content (AvgIpc) is 3.55. The molecule has 0 aliphatic heterocycles. The van der Waals surface area contributed by atoms with E-state index in [0.717, 1.165) is 21.0 Å². The number of carboxylic acid groups (broad SMARTS) is 1. The summed E-state index contributed by atoms with van der Waals surface area (Å²) in [7, 11) is 0. The van der Waals surface area contributed by atoms with Gasteiger partial charge < -0.3 is 14.4 Å². The normalized spacial score (nSPS) is 20.1. The lowest BCUT2D eigenvalue weighted by Gasteiger charge is -2.33. The van der Waals surface area contributed by atoms with Crippen molar-refractivity contribution in [3.8, 4) is 16.9 Å². The second-order valence-electron chi connectivity index (χ2n) is 8.83. The Hall–Kier alpha value is -2.87. The molecule has 8 heteroatoms. The summed E-state index contributed by atoms with van der Waals surface area (Å²) in [4.78, 5) is 12.4. The van der Waals surface area contributed by atoms with Gasteiger partial charge >= 0.3 is 5.97 Å². The molecule has 0 spiro atoms. The van der Waals surface area contributed by atoms with Gasteiger partial charge in [-0.05, 0) is 65.4 Å². The lowest BCUT2D eigenvalue weighted by molar-refractivity contribution is -0.139. The number of rotatable bonds is 9. The summed E-state index contributed by atoms with van der Waals surface area (Å²) in [5.74, 6) is -0.699. The van der Waals surface area contributed by atoms with Crippen molar-refractivity contribution in [1.82, 2.24) is 0 Å². The van der Waals surface area contributed by atoms with Gasteiger partial charge in [0.05, 0.1) is 6.61 Å². The number of carboxylic acids is 1. The second kappa shape index (κ2) is 9.78. The first-order chi connectivity index (χ1) is 16.2. The number of carbonyl (C=O) groups is 1. The highest BCUT2D eigenvalue weighted by molar-refractivity contribution is 7.80. The maximum atomic E-state index is 12.4. The topological polar surface area (TPSA) is 89.9 Å². The van der Waals surface area contributed by atoms with Crippen LogP contribution in [0.1, 0.15) is 31.7 Å². The van der Waals surface area contributed by atoms with Crippen LogP contribution in [0, 0.1) is 5.92 Å². The van der Waals surface area contributed by atoms with Crippen LogP contribution in [0.15, 0.2) is 72.8 Å². The molecule has 178 valence electrons. The summed E-state index contributed by atoms with van der Waals surface area (Å²) in [5.41, 5.74) is 1.22. The fourth-order valence-corrected chi connectivity index (χ4v) is 5.12. The molecule has 1 N–H and O–H groups in total. The van der Waals surface area contributed by atoms with Gasteiger partial charge in [0, 0.05) is 27.9 Å². The van der Waals surface area contributed by atoms with Crippen molar-refractivity contribution in [3.63, 3.8) is 0 Å². The monoisotopic (exact) mass is 498 g/mol. The van der Waals surface area contributed by atoms with Crippen LogP contribution >= 0.6 is 11.6 Å². The molecule has 6 nitrogen and oxygen atoms in total. The summed E-state index contributed by atoms with van der Waals surface area (Å²) >= 11 is 3.16. The van der Waals surface area contributed by atoms with Gasteiger partial charge in [-0.25, -0.2) is 4.79 Å². The predicted octanol–water partition coefficient (Wildman–Crippen LogP) is 5.65. The predicted molar refractivity (Wildman–Crippen MR) is 133 cm³/mol. The maximum absolute atomic E-state index is 12.4. The standard InChI is InChI=1S/C26H26ClNO5S/c1-17(2)16-33-23-5-3-4-20(14-23)24-15-26(24,25(29)30)28(34(31)32)22-12-8-19(9-13-22)18-6-10-21(27)11-7-18/h3-14,17,24H,15-16H2,1-2H3,(H,29,30)(H,31,32)/p-1. The molecule has 0 heterocycles. The van der Waals surface area contributed by atoms with E-state index in [1.54, 1.807) is 48.5 Å². The molecule has 1 saturated carbocycles. The molecule has 0 radical (unpaired) electrons. The van der Waals surface area contributed by atoms with Crippen LogP contribution in [0.25, 0.3) is 11.1 Å². The molecule has 0 amide bonds. The number of anilines is 1. The van der Waals surface area contributed by atoms with Gasteiger partial charge in [-0.15, -0.1) is 0 Å². The first-order valence-corrected chi connectivity index (χ1v) is 12.3. The van der Waals surface area contributed by atoms with Crippen LogP contribution < -0.4 is 9.04 Å². The van der Waals surface area contributed by atoms with Gasteiger partial charge in [0.1, 0.15) is 5.75 Å². The lowest BCUT2D eigenvalue weighted by Crippen LogP contribution is -2.46. The van der Waals surface area contributed by atoms with E-state index in [0.29, 0.717) is 29.0 Å². The zero-order valence-corrected chi connectivity index (χ0v) is 20.4. The minimum absolute atomic E-state index is 0.170. The van der Waals surface area contributed by atoms with E-state index in [-0.39, 0.29) is 6.42 Å². The third-order valence-corrected chi connectivity index (χ3v) is 7.02. The van der Waals surface area contributed by atoms with Crippen molar-refractivity contribution < 1.29 is 23.4 Å². The molecular formula is C26H25ClNO5S-. The molecule has 0 saturated heterocycles. The highest BCUT2D eigenvalue weighted by Gasteiger charge is 2.66. The Morgan fingerprint density at radius 3 is 2.32 bits per heavy atom. The van der Waals surface area contributed by atoms with Crippen LogP contribution in [-0.4, -0.2) is 32.0 Å². The van der Waals surface area contributed by atoms with Crippen molar-refractivity contribution in [2.24, 2.45) is 5.92 Å². The van der Waals surface area contributed by atoms with Crippen LogP contribution in [-0.2, 0) is 16.1 Å². The zero-order valence-electron chi connectivity index (χ0n) is 18.8. The fourth-order valence-electron chi connectivity index (χ4n) is 4.16. The van der Waals surface area contributed by atoms with Crippen LogP contribution in [0.2, 0.25) is 5.02 Å². The Labute approximate surface area is 206 Å². The molecule has 4 rings (SSSR count). The largest absolute Gasteiger partial charge is 0.755 e. The van der Waals surface area contributed by atoms with Crippen LogP contribution in [0.3, 0.4) is 0 Å². The first-order valence-electron chi connectivity index (χ1n) is 10.9. The molecule has 1 aliphatic rings. The van der Waals surface area contributed by atoms with Crippen molar-refractivity contribution in [3.05, 3.63) is 83.4 Å². The molecule has 1 fully saturated rings. The van der Waals surface area contributed by atoms with Gasteiger partial charge in [-0.3, -0.25) is 8.51 Å². The summed E-state index contributed by atoms with van der Waals surface area (Å²) in [6.45, 7) is 4.62. The maximum Gasteiger partial charge on any atom is 0.331 e. The fraction of sp³-hybridized carbons (Fsp3) is 0.269. The van der Waals surface area contributed by atoms with Crippen molar-refractivity contribution in [1.29, 1.82) is 0 Å². The van der Waals surface area contributed by atoms with Crippen molar-refractivity contribution in [2.45, 2.75) is 31.7 Å². The Bertz CT molecular complexity index is 1200. The van der Waals surface area contributed by atoms with E-state index >= 15 is 0 Å². The minimum atomic E-state index is -2.79. The Kier molecular flexibility index (Phi) is 6.98. The molecule has 1 aliphatic carbocycles. The summed E-state index contributed by atoms with van der Waals surface area (Å²) in [6, 6.07) is 21.3. The number of aliphatic carboxylic acids is 1. The number of ether oxygens (including phenoxy) is 1. The van der Waals surface area contributed by atoms with E-state index in [1.807, 2.05) is 38.1 Å². The quantitative estimate of drug-likeness (QED) is 0.385. The van der Waals surface area contributed by atoms with E-state index in [2.05, 4.69) is 0 Å². The smallest absolute Gasteiger partial charge is 0.331 e. The van der Waals surface area contributed by atoms with Crippen molar-refractivity contribution >= 4 is 34.5 Å². The Balaban J connectivity index is 1.64. The highest BCUT2D eigenvalue weighted by Crippen LogP contribution is 2.57. The van der Waals surface area contributed by atoms with Crippen molar-refractivity contribution in [2.75, 3.05) is 10.9 Å². The summed E-state index contributed by atoms with van der Waals surface area (Å²) < 4.78 is 31.4. The molecule has 3 aromatic rings. The van der Waals surface area contributed by atoms with Crippen LogP contribution in [0.4, 0.5) is 5.69 Å². The number of halogens is 1. The molecule has 34 heavy (non-hydrogen) atoms. The van der Waals surface area contributed by atoms with Gasteiger partial charge in [0.15, 0.2) is 5.54 Å². The number of nitrogens with zero attached hydrogens (tertiary/aromatic N) is 1. The molecule has 3 unspecified atom stereocenters. The lowest BCUT2D eigenvalue weighted by atomic mass is 10.0. The number of hydrogen-bond donors (Lipinski definition) is 1. The Morgan fingerprint density at radius 2 is 1.76 bits per heavy atom. The van der Waals surface area contributed by atoms with E-state index < -0.39 is 28.7 Å². The summed E-state index contributed by atoms with van der Waals surface area (Å²) in [5, 5.41) is 10.8. The zero-order chi connectivity index (χ0) is 24.5. The summed E-state index contributed by atoms with van der Waals surface area (Å²) in [6.07, 6.45) is 0.170. The van der Waals surface area contributed by atoms with E-state index in [4.69, 9.17) is 16.3 Å². The van der Waals surface area contributed by atoms with Gasteiger partial charge in [-0.2, -0.15) is 0 Å². The third kappa shape index (κ3) is 4.82. The number of benzene rings is 3. The molecule has 3 atom stereocenters. The van der Waals surface area contributed by atoms with Crippen LogP contribution in [0.5, 0.6) is 5.75 Å². The minimum Gasteiger partial charge on any atom is -0.755 e. The van der Waals surface area contributed by atoms with E-state index in [9.17, 15) is 18.7 Å². The van der Waals surface area contributed by atoms with Gasteiger partial charge in [0.2, 0.25) is 0 Å². The first kappa shape index (κ1) is 24.3. The second-order valence-corrected chi connectivity index (χ2v) is 10.1. The number of hydrogen-bond acceptors (Lipinski definition) is 4. The Morgan fingerprint density at radius 1 is 1.15 bits per heavy atom. The van der Waals surface area contributed by atoms with Gasteiger partial charge in [-0.1, -0.05) is 61.8 Å². The SMILES string of the molecule is CC(C)COc1cccc(C2CC2(C(=O)O)N(c2ccc(-c3ccc(Cl)cc3)cc2)S(=O)[O-])c1. The molecule has 3 aromatic carbocycles. The highest BCUT2D eigenvalue weighted by atomic mass is 35.5.